The molecule has 0 atom stereocenters. The molecular weight excluding hydrogens is 258 g/mol. The van der Waals surface area contributed by atoms with Crippen molar-refractivity contribution in [3.8, 4) is 0 Å². The molecule has 0 saturated carbocycles. The van der Waals surface area contributed by atoms with Crippen molar-refractivity contribution in [2.75, 3.05) is 26.2 Å². The van der Waals surface area contributed by atoms with Crippen molar-refractivity contribution in [3.05, 3.63) is 0 Å². The molecule has 0 aromatic carbocycles. The van der Waals surface area contributed by atoms with Crippen LogP contribution in [0, 0.1) is 0 Å². The smallest absolute Gasteiger partial charge is 0.323 e. The summed E-state index contributed by atoms with van der Waals surface area (Å²) >= 11 is 0. The molecule has 118 valence electrons. The van der Waals surface area contributed by atoms with Gasteiger partial charge in [0.05, 0.1) is 0 Å². The standard InChI is InChI=1S/C14H29N3O3/c1-6-8-16(10-13(18)19)14(20)15-7-9-17(11(2)3)12(4)5/h11-12H,6-10H2,1-5H3,(H,15,20)(H,18,19). The largest absolute Gasteiger partial charge is 0.480 e. The second-order valence-corrected chi connectivity index (χ2v) is 5.47. The number of urea groups is 1. The number of aliphatic carboxylic acids is 1. The molecule has 0 aromatic heterocycles. The molecule has 0 fully saturated rings. The molecule has 0 aliphatic heterocycles. The van der Waals surface area contributed by atoms with Crippen LogP contribution in [0.25, 0.3) is 0 Å². The maximum absolute atomic E-state index is 11.9. The van der Waals surface area contributed by atoms with Crippen molar-refractivity contribution >= 4 is 12.0 Å². The number of amides is 2. The van der Waals surface area contributed by atoms with E-state index in [1.54, 1.807) is 0 Å². The number of carboxylic acids is 1. The van der Waals surface area contributed by atoms with E-state index in [4.69, 9.17) is 5.11 Å². The summed E-state index contributed by atoms with van der Waals surface area (Å²) in [5.74, 6) is -0.986. The lowest BCUT2D eigenvalue weighted by molar-refractivity contribution is -0.137. The first-order chi connectivity index (χ1) is 9.29. The van der Waals surface area contributed by atoms with Crippen LogP contribution in [0.1, 0.15) is 41.0 Å². The Kier molecular flexibility index (Phi) is 8.96. The lowest BCUT2D eigenvalue weighted by Gasteiger charge is -2.31. The van der Waals surface area contributed by atoms with E-state index in [1.807, 2.05) is 6.92 Å². The molecule has 6 heteroatoms. The maximum atomic E-state index is 11.9. The minimum atomic E-state index is -0.986. The Hall–Kier alpha value is -1.30. The fourth-order valence-electron chi connectivity index (χ4n) is 2.20. The molecule has 0 radical (unpaired) electrons. The Morgan fingerprint density at radius 2 is 1.65 bits per heavy atom. The fourth-order valence-corrected chi connectivity index (χ4v) is 2.20. The zero-order chi connectivity index (χ0) is 15.7. The molecule has 0 aromatic rings. The summed E-state index contributed by atoms with van der Waals surface area (Å²) in [6.07, 6.45) is 0.741. The van der Waals surface area contributed by atoms with Gasteiger partial charge < -0.3 is 15.3 Å². The minimum Gasteiger partial charge on any atom is -0.480 e. The Labute approximate surface area is 122 Å². The van der Waals surface area contributed by atoms with Crippen LogP contribution >= 0.6 is 0 Å². The first-order valence-electron chi connectivity index (χ1n) is 7.29. The molecule has 20 heavy (non-hydrogen) atoms. The lowest BCUT2D eigenvalue weighted by Crippen LogP contribution is -2.47. The first kappa shape index (κ1) is 18.7. The van der Waals surface area contributed by atoms with E-state index in [0.29, 0.717) is 25.2 Å². The molecule has 0 unspecified atom stereocenters. The van der Waals surface area contributed by atoms with Gasteiger partial charge in [-0.3, -0.25) is 9.69 Å². The van der Waals surface area contributed by atoms with Gasteiger partial charge in [-0.2, -0.15) is 0 Å². The van der Waals surface area contributed by atoms with Gasteiger partial charge >= 0.3 is 12.0 Å². The Bertz CT molecular complexity index is 298. The number of nitrogens with zero attached hydrogens (tertiary/aromatic N) is 2. The third-order valence-corrected chi connectivity index (χ3v) is 3.08. The third kappa shape index (κ3) is 7.33. The van der Waals surface area contributed by atoms with Crippen LogP contribution in [0.3, 0.4) is 0 Å². The highest BCUT2D eigenvalue weighted by Gasteiger charge is 2.17. The normalized spacial score (nSPS) is 11.2. The molecule has 0 bridgehead atoms. The van der Waals surface area contributed by atoms with E-state index < -0.39 is 5.97 Å². The van der Waals surface area contributed by atoms with Gasteiger partial charge in [0.1, 0.15) is 6.54 Å². The quantitative estimate of drug-likeness (QED) is 0.676. The van der Waals surface area contributed by atoms with Crippen LogP contribution in [-0.4, -0.2) is 65.2 Å². The van der Waals surface area contributed by atoms with Crippen LogP contribution < -0.4 is 5.32 Å². The summed E-state index contributed by atoms with van der Waals surface area (Å²) in [5, 5.41) is 11.6. The fraction of sp³-hybridized carbons (Fsp3) is 0.857. The zero-order valence-corrected chi connectivity index (χ0v) is 13.3. The third-order valence-electron chi connectivity index (χ3n) is 3.08. The summed E-state index contributed by atoms with van der Waals surface area (Å²) in [6.45, 7) is 11.9. The van der Waals surface area contributed by atoms with Gasteiger partial charge in [-0.1, -0.05) is 6.92 Å². The monoisotopic (exact) mass is 287 g/mol. The zero-order valence-electron chi connectivity index (χ0n) is 13.3. The molecule has 0 aliphatic rings. The first-order valence-corrected chi connectivity index (χ1v) is 7.29. The Balaban J connectivity index is 4.26. The summed E-state index contributed by atoms with van der Waals surface area (Å²) in [4.78, 5) is 26.3. The van der Waals surface area contributed by atoms with Crippen LogP contribution in [0.2, 0.25) is 0 Å². The summed E-state index contributed by atoms with van der Waals surface area (Å²) in [5.41, 5.74) is 0. The molecule has 2 amide bonds. The number of carboxylic acid groups (broad SMARTS) is 1. The predicted octanol–water partition coefficient (Wildman–Crippen LogP) is 1.61. The van der Waals surface area contributed by atoms with Crippen molar-refractivity contribution < 1.29 is 14.7 Å². The SMILES string of the molecule is CCCN(CC(=O)O)C(=O)NCCN(C(C)C)C(C)C. The summed E-state index contributed by atoms with van der Waals surface area (Å²) in [7, 11) is 0. The van der Waals surface area contributed by atoms with Crippen LogP contribution in [0.15, 0.2) is 0 Å². The molecule has 0 spiro atoms. The molecule has 6 nitrogen and oxygen atoms in total. The number of hydrogen-bond acceptors (Lipinski definition) is 3. The van der Waals surface area contributed by atoms with E-state index in [2.05, 4.69) is 37.9 Å². The lowest BCUT2D eigenvalue weighted by atomic mass is 10.2. The highest BCUT2D eigenvalue weighted by Crippen LogP contribution is 2.03. The van der Waals surface area contributed by atoms with Crippen LogP contribution in [0.5, 0.6) is 0 Å². The summed E-state index contributed by atoms with van der Waals surface area (Å²) < 4.78 is 0. The van der Waals surface area contributed by atoms with Gasteiger partial charge in [0, 0.05) is 31.7 Å². The van der Waals surface area contributed by atoms with E-state index in [1.165, 1.54) is 4.90 Å². The maximum Gasteiger partial charge on any atom is 0.323 e. The number of carbonyl (C=O) groups excluding carboxylic acids is 1. The van der Waals surface area contributed by atoms with Gasteiger partial charge in [-0.25, -0.2) is 4.79 Å². The minimum absolute atomic E-state index is 0.252. The molecule has 2 N–H and O–H groups in total. The molecule has 0 saturated heterocycles. The Morgan fingerprint density at radius 1 is 1.10 bits per heavy atom. The average molecular weight is 287 g/mol. The van der Waals surface area contributed by atoms with Crippen molar-refractivity contribution in [3.63, 3.8) is 0 Å². The van der Waals surface area contributed by atoms with Gasteiger partial charge in [0.15, 0.2) is 0 Å². The second-order valence-electron chi connectivity index (χ2n) is 5.47. The van der Waals surface area contributed by atoms with Gasteiger partial charge in [-0.15, -0.1) is 0 Å². The van der Waals surface area contributed by atoms with Crippen molar-refractivity contribution in [1.29, 1.82) is 0 Å². The van der Waals surface area contributed by atoms with Crippen LogP contribution in [-0.2, 0) is 4.79 Å². The van der Waals surface area contributed by atoms with E-state index in [-0.39, 0.29) is 12.6 Å². The highest BCUT2D eigenvalue weighted by molar-refractivity contribution is 5.80. The number of hydrogen-bond donors (Lipinski definition) is 2. The molecule has 0 rings (SSSR count). The van der Waals surface area contributed by atoms with Crippen LogP contribution in [0.4, 0.5) is 4.79 Å². The molecular formula is C14H29N3O3. The summed E-state index contributed by atoms with van der Waals surface area (Å²) in [6, 6.07) is 0.525. The number of nitrogens with one attached hydrogen (secondary N) is 1. The van der Waals surface area contributed by atoms with Gasteiger partial charge in [0.2, 0.25) is 0 Å². The van der Waals surface area contributed by atoms with Crippen molar-refractivity contribution in [2.45, 2.75) is 53.1 Å². The highest BCUT2D eigenvalue weighted by atomic mass is 16.4. The molecule has 0 heterocycles. The van der Waals surface area contributed by atoms with Gasteiger partial charge in [-0.05, 0) is 34.1 Å². The average Bonchev–Trinajstić information content (AvgIpc) is 2.32. The number of carbonyl (C=O) groups is 2. The van der Waals surface area contributed by atoms with E-state index in [9.17, 15) is 9.59 Å². The van der Waals surface area contributed by atoms with Crippen molar-refractivity contribution in [2.24, 2.45) is 0 Å². The van der Waals surface area contributed by atoms with Gasteiger partial charge in [0.25, 0.3) is 0 Å². The Morgan fingerprint density at radius 3 is 2.05 bits per heavy atom. The van der Waals surface area contributed by atoms with E-state index >= 15 is 0 Å². The van der Waals surface area contributed by atoms with E-state index in [0.717, 1.165) is 13.0 Å². The topological polar surface area (TPSA) is 72.9 Å². The number of rotatable bonds is 9. The van der Waals surface area contributed by atoms with Crippen molar-refractivity contribution in [1.82, 2.24) is 15.1 Å². The predicted molar refractivity (Wildman–Crippen MR) is 79.9 cm³/mol. The second kappa shape index (κ2) is 9.58. The molecule has 0 aliphatic carbocycles.